The van der Waals surface area contributed by atoms with Gasteiger partial charge >= 0.3 is 0 Å². The average Bonchev–Trinajstić information content (AvgIpc) is 3.20. The van der Waals surface area contributed by atoms with E-state index in [2.05, 4.69) is 121 Å². The zero-order valence-corrected chi connectivity index (χ0v) is 18.0. The van der Waals surface area contributed by atoms with Gasteiger partial charge in [0.1, 0.15) is 0 Å². The molecule has 0 bridgehead atoms. The van der Waals surface area contributed by atoms with Gasteiger partial charge in [-0.15, -0.1) is 0 Å². The van der Waals surface area contributed by atoms with E-state index in [1.165, 1.54) is 65.3 Å². The molecule has 0 nitrogen and oxygen atoms in total. The highest BCUT2D eigenvalue weighted by Gasteiger charge is 2.45. The van der Waals surface area contributed by atoms with Gasteiger partial charge in [0.15, 0.2) is 0 Å². The Hall–Kier alpha value is -4.16. The van der Waals surface area contributed by atoms with Crippen LogP contribution in [0.25, 0.3) is 43.1 Å². The monoisotopic (exact) mass is 416 g/mol. The summed E-state index contributed by atoms with van der Waals surface area (Å²) in [5, 5.41) is 11.0. The third kappa shape index (κ3) is 1.94. The van der Waals surface area contributed by atoms with E-state index in [9.17, 15) is 0 Å². The quantitative estimate of drug-likeness (QED) is 0.196. The molecule has 7 aromatic rings. The van der Waals surface area contributed by atoms with Crippen LogP contribution in [0.4, 0.5) is 0 Å². The van der Waals surface area contributed by atoms with Crippen molar-refractivity contribution < 1.29 is 0 Å². The lowest BCUT2D eigenvalue weighted by atomic mass is 9.67. The van der Waals surface area contributed by atoms with Crippen LogP contribution in [0.15, 0.2) is 121 Å². The van der Waals surface area contributed by atoms with Gasteiger partial charge in [-0.25, -0.2) is 0 Å². The van der Waals surface area contributed by atoms with Crippen LogP contribution in [0.3, 0.4) is 0 Å². The lowest BCUT2D eigenvalue weighted by molar-refractivity contribution is 0.771. The van der Waals surface area contributed by atoms with Gasteiger partial charge in [-0.3, -0.25) is 0 Å². The minimum absolute atomic E-state index is 0.332. The Morgan fingerprint density at radius 1 is 0.333 bits per heavy atom. The van der Waals surface area contributed by atoms with Crippen molar-refractivity contribution in [3.63, 3.8) is 0 Å². The third-order valence-electron chi connectivity index (χ3n) is 7.85. The van der Waals surface area contributed by atoms with Crippen molar-refractivity contribution in [2.45, 2.75) is 5.41 Å². The van der Waals surface area contributed by atoms with E-state index in [1.54, 1.807) is 0 Å². The smallest absolute Gasteiger partial charge is 0.0622 e. The minimum Gasteiger partial charge on any atom is -0.0622 e. The summed E-state index contributed by atoms with van der Waals surface area (Å²) in [6.07, 6.45) is 0. The molecule has 152 valence electrons. The van der Waals surface area contributed by atoms with Crippen molar-refractivity contribution in [1.29, 1.82) is 0 Å². The first kappa shape index (κ1) is 17.4. The van der Waals surface area contributed by atoms with Crippen LogP contribution in [-0.4, -0.2) is 0 Å². The molecule has 0 atom stereocenters. The van der Waals surface area contributed by atoms with E-state index in [0.29, 0.717) is 0 Å². The van der Waals surface area contributed by atoms with E-state index >= 15 is 0 Å². The van der Waals surface area contributed by atoms with Crippen molar-refractivity contribution in [3.05, 3.63) is 144 Å². The highest BCUT2D eigenvalue weighted by Crippen LogP contribution is 2.58. The Kier molecular flexibility index (Phi) is 3.16. The molecule has 0 aliphatic heterocycles. The molecule has 0 saturated heterocycles. The summed E-state index contributed by atoms with van der Waals surface area (Å²) in [5.74, 6) is 0. The first-order valence-corrected chi connectivity index (χ1v) is 11.6. The Morgan fingerprint density at radius 2 is 0.879 bits per heavy atom. The molecule has 1 aliphatic carbocycles. The molecule has 0 amide bonds. The van der Waals surface area contributed by atoms with Crippen molar-refractivity contribution in [3.8, 4) is 0 Å². The number of hydrogen-bond acceptors (Lipinski definition) is 0. The Bertz CT molecular complexity index is 1800. The van der Waals surface area contributed by atoms with Crippen molar-refractivity contribution in [2.75, 3.05) is 0 Å². The largest absolute Gasteiger partial charge is 0.0714 e. The lowest BCUT2D eigenvalue weighted by Gasteiger charge is -2.34. The average molecular weight is 417 g/mol. The van der Waals surface area contributed by atoms with Crippen LogP contribution in [0.5, 0.6) is 0 Å². The minimum atomic E-state index is -0.332. The van der Waals surface area contributed by atoms with Crippen LogP contribution in [0.2, 0.25) is 0 Å². The second kappa shape index (κ2) is 5.99. The molecule has 7 aromatic carbocycles. The first-order chi connectivity index (χ1) is 16.4. The summed E-state index contributed by atoms with van der Waals surface area (Å²) in [5.41, 5.74) is 5.11. The maximum atomic E-state index is 2.39. The van der Waals surface area contributed by atoms with Gasteiger partial charge in [0.25, 0.3) is 0 Å². The number of rotatable bonds is 2. The Labute approximate surface area is 192 Å². The van der Waals surface area contributed by atoms with Crippen LogP contribution in [-0.2, 0) is 5.41 Å². The standard InChI is InChI=1S/C33H20/c1-3-10-23(11-4-1)33(24-12-5-2-6-13-24)27-16-8-15-26-25-14-7-9-21-17-18-22-19-20-28(33)32(31(26)27)30(22)29(21)25/h1-20H. The van der Waals surface area contributed by atoms with Gasteiger partial charge in [-0.1, -0.05) is 121 Å². The molecule has 33 heavy (non-hydrogen) atoms. The van der Waals surface area contributed by atoms with Gasteiger partial charge in [0, 0.05) is 0 Å². The summed E-state index contributed by atoms with van der Waals surface area (Å²) < 4.78 is 0. The zero-order valence-electron chi connectivity index (χ0n) is 18.0. The second-order valence-electron chi connectivity index (χ2n) is 9.27. The highest BCUT2D eigenvalue weighted by molar-refractivity contribution is 6.36. The summed E-state index contributed by atoms with van der Waals surface area (Å²) in [4.78, 5) is 0. The molecule has 8 rings (SSSR count). The van der Waals surface area contributed by atoms with E-state index in [-0.39, 0.29) is 5.41 Å². The molecule has 0 fully saturated rings. The van der Waals surface area contributed by atoms with E-state index in [0.717, 1.165) is 0 Å². The molecule has 1 aliphatic rings. The normalized spacial score (nSPS) is 14.3. The SMILES string of the molecule is c1ccc(C2(c3ccccc3)c3cccc4c5cccc6ccc7ccc2c(c34)c7c65)cc1. The van der Waals surface area contributed by atoms with Crippen molar-refractivity contribution in [1.82, 2.24) is 0 Å². The predicted octanol–water partition coefficient (Wildman–Crippen LogP) is 8.43. The maximum absolute atomic E-state index is 2.39. The molecule has 0 heterocycles. The first-order valence-electron chi connectivity index (χ1n) is 11.6. The summed E-state index contributed by atoms with van der Waals surface area (Å²) in [6, 6.07) is 45.1. The van der Waals surface area contributed by atoms with Crippen LogP contribution < -0.4 is 0 Å². The Morgan fingerprint density at radius 3 is 1.58 bits per heavy atom. The molecule has 0 heteroatoms. The van der Waals surface area contributed by atoms with Gasteiger partial charge in [0.05, 0.1) is 5.41 Å². The zero-order chi connectivity index (χ0) is 21.6. The van der Waals surface area contributed by atoms with Gasteiger partial charge < -0.3 is 0 Å². The van der Waals surface area contributed by atoms with E-state index in [1.807, 2.05) is 0 Å². The van der Waals surface area contributed by atoms with E-state index in [4.69, 9.17) is 0 Å². The molecule has 0 spiro atoms. The lowest BCUT2D eigenvalue weighted by Crippen LogP contribution is -2.28. The van der Waals surface area contributed by atoms with Gasteiger partial charge in [-0.2, -0.15) is 0 Å². The molecule has 0 unspecified atom stereocenters. The van der Waals surface area contributed by atoms with Gasteiger partial charge in [0.2, 0.25) is 0 Å². The fourth-order valence-electron chi connectivity index (χ4n) is 6.66. The summed E-state index contributed by atoms with van der Waals surface area (Å²) in [7, 11) is 0. The Balaban J connectivity index is 1.72. The third-order valence-corrected chi connectivity index (χ3v) is 7.85. The van der Waals surface area contributed by atoms with Crippen molar-refractivity contribution >= 4 is 43.1 Å². The molecule has 0 saturated carbocycles. The molecule has 0 radical (unpaired) electrons. The van der Waals surface area contributed by atoms with E-state index < -0.39 is 0 Å². The van der Waals surface area contributed by atoms with Crippen LogP contribution in [0, 0.1) is 0 Å². The van der Waals surface area contributed by atoms with Gasteiger partial charge in [-0.05, 0) is 65.3 Å². The highest BCUT2D eigenvalue weighted by atomic mass is 14.5. The van der Waals surface area contributed by atoms with Crippen LogP contribution >= 0.6 is 0 Å². The van der Waals surface area contributed by atoms with Crippen molar-refractivity contribution in [2.24, 2.45) is 0 Å². The summed E-state index contributed by atoms with van der Waals surface area (Å²) >= 11 is 0. The second-order valence-corrected chi connectivity index (χ2v) is 9.27. The topological polar surface area (TPSA) is 0 Å². The molecular formula is C33H20. The fraction of sp³-hybridized carbons (Fsp3) is 0.0303. The number of hydrogen-bond donors (Lipinski definition) is 0. The maximum Gasteiger partial charge on any atom is 0.0714 e. The van der Waals surface area contributed by atoms with Crippen LogP contribution in [0.1, 0.15) is 22.3 Å². The number of benzene rings is 7. The summed E-state index contributed by atoms with van der Waals surface area (Å²) in [6.45, 7) is 0. The molecule has 0 aromatic heterocycles. The molecular weight excluding hydrogens is 396 g/mol. The fourth-order valence-corrected chi connectivity index (χ4v) is 6.66. The predicted molar refractivity (Wildman–Crippen MR) is 140 cm³/mol. The number of fused-ring (bicyclic) bond motifs is 1. The molecule has 0 N–H and O–H groups in total.